The molecule has 0 atom stereocenters. The van der Waals surface area contributed by atoms with Gasteiger partial charge >= 0.3 is 5.97 Å². The number of carbonyl (C=O) groups excluding carboxylic acids is 2. The molecule has 1 rings (SSSR count). The zero-order valence-corrected chi connectivity index (χ0v) is 13.0. The zero-order valence-electron chi connectivity index (χ0n) is 13.0. The van der Waals surface area contributed by atoms with Crippen molar-refractivity contribution < 1.29 is 14.3 Å². The minimum Gasteiger partial charge on any atom is -0.465 e. The largest absolute Gasteiger partial charge is 0.465 e. The molecule has 0 spiro atoms. The quantitative estimate of drug-likeness (QED) is 0.549. The van der Waals surface area contributed by atoms with E-state index < -0.39 is 5.97 Å². The smallest absolute Gasteiger partial charge is 0.337 e. The number of amides is 1. The number of hydrogen-bond donors (Lipinski definition) is 1. The van der Waals surface area contributed by atoms with Crippen LogP contribution in [0.4, 0.5) is 5.69 Å². The van der Waals surface area contributed by atoms with Crippen LogP contribution in [0.5, 0.6) is 0 Å². The van der Waals surface area contributed by atoms with E-state index in [0.717, 1.165) is 12.8 Å². The highest BCUT2D eigenvalue weighted by molar-refractivity contribution is 5.94. The lowest BCUT2D eigenvalue weighted by Crippen LogP contribution is -2.12. The van der Waals surface area contributed by atoms with Crippen molar-refractivity contribution in [3.63, 3.8) is 0 Å². The molecule has 1 aromatic carbocycles. The van der Waals surface area contributed by atoms with E-state index in [1.165, 1.54) is 32.8 Å². The van der Waals surface area contributed by atoms with Crippen LogP contribution in [0.2, 0.25) is 0 Å². The first-order valence-corrected chi connectivity index (χ1v) is 7.65. The van der Waals surface area contributed by atoms with E-state index in [0.29, 0.717) is 17.7 Å². The van der Waals surface area contributed by atoms with E-state index in [4.69, 9.17) is 0 Å². The molecule has 4 heteroatoms. The van der Waals surface area contributed by atoms with Crippen LogP contribution >= 0.6 is 0 Å². The van der Waals surface area contributed by atoms with E-state index in [-0.39, 0.29) is 5.91 Å². The third kappa shape index (κ3) is 6.93. The van der Waals surface area contributed by atoms with E-state index in [1.807, 2.05) is 0 Å². The van der Waals surface area contributed by atoms with Gasteiger partial charge in [0.05, 0.1) is 12.7 Å². The van der Waals surface area contributed by atoms with Gasteiger partial charge in [-0.3, -0.25) is 4.79 Å². The van der Waals surface area contributed by atoms with Gasteiger partial charge in [-0.05, 0) is 24.6 Å². The van der Waals surface area contributed by atoms with Gasteiger partial charge in [0.2, 0.25) is 5.91 Å². The summed E-state index contributed by atoms with van der Waals surface area (Å²) in [5, 5.41) is 2.82. The fraction of sp³-hybridized carbons (Fsp3) is 0.529. The van der Waals surface area contributed by atoms with Crippen molar-refractivity contribution in [1.82, 2.24) is 0 Å². The fourth-order valence-corrected chi connectivity index (χ4v) is 2.13. The molecule has 0 radical (unpaired) electrons. The molecule has 0 saturated heterocycles. The Bertz CT molecular complexity index is 457. The van der Waals surface area contributed by atoms with Gasteiger partial charge in [0, 0.05) is 12.1 Å². The molecule has 0 aliphatic carbocycles. The van der Waals surface area contributed by atoms with Crippen LogP contribution in [0.15, 0.2) is 24.3 Å². The SMILES string of the molecule is CCCCCCCCC(=O)Nc1cccc(C(=O)OC)c1. The molecule has 116 valence electrons. The molecule has 1 aromatic rings. The van der Waals surface area contributed by atoms with Crippen LogP contribution in [0.25, 0.3) is 0 Å². The van der Waals surface area contributed by atoms with E-state index in [1.54, 1.807) is 24.3 Å². The molecule has 0 fully saturated rings. The van der Waals surface area contributed by atoms with E-state index in [9.17, 15) is 9.59 Å². The number of esters is 1. The Hall–Kier alpha value is -1.84. The average molecular weight is 291 g/mol. The summed E-state index contributed by atoms with van der Waals surface area (Å²) in [6.45, 7) is 2.19. The van der Waals surface area contributed by atoms with Gasteiger partial charge in [-0.25, -0.2) is 4.79 Å². The van der Waals surface area contributed by atoms with Gasteiger partial charge < -0.3 is 10.1 Å². The highest BCUT2D eigenvalue weighted by Gasteiger charge is 2.07. The van der Waals surface area contributed by atoms with E-state index >= 15 is 0 Å². The summed E-state index contributed by atoms with van der Waals surface area (Å²) in [4.78, 5) is 23.2. The van der Waals surface area contributed by atoms with Crippen LogP contribution in [-0.4, -0.2) is 19.0 Å². The molecule has 0 aliphatic rings. The number of benzene rings is 1. The van der Waals surface area contributed by atoms with Crippen molar-refractivity contribution in [2.24, 2.45) is 0 Å². The lowest BCUT2D eigenvalue weighted by Gasteiger charge is -2.07. The number of unbranched alkanes of at least 4 members (excludes halogenated alkanes) is 5. The number of rotatable bonds is 9. The number of hydrogen-bond acceptors (Lipinski definition) is 3. The number of methoxy groups -OCH3 is 1. The van der Waals surface area contributed by atoms with Crippen LogP contribution in [0.1, 0.15) is 62.2 Å². The second kappa shape index (κ2) is 9.97. The van der Waals surface area contributed by atoms with Gasteiger partial charge in [0.25, 0.3) is 0 Å². The van der Waals surface area contributed by atoms with Crippen molar-refractivity contribution >= 4 is 17.6 Å². The van der Waals surface area contributed by atoms with Gasteiger partial charge in [-0.15, -0.1) is 0 Å². The van der Waals surface area contributed by atoms with Crippen molar-refractivity contribution in [3.05, 3.63) is 29.8 Å². The highest BCUT2D eigenvalue weighted by atomic mass is 16.5. The Balaban J connectivity index is 2.32. The fourth-order valence-electron chi connectivity index (χ4n) is 2.13. The average Bonchev–Trinajstić information content (AvgIpc) is 2.50. The molecular weight excluding hydrogens is 266 g/mol. The normalized spacial score (nSPS) is 10.2. The maximum atomic E-state index is 11.8. The molecule has 0 aliphatic heterocycles. The lowest BCUT2D eigenvalue weighted by molar-refractivity contribution is -0.116. The third-order valence-corrected chi connectivity index (χ3v) is 3.32. The predicted molar refractivity (Wildman–Crippen MR) is 84.4 cm³/mol. The van der Waals surface area contributed by atoms with Gasteiger partial charge in [0.15, 0.2) is 0 Å². The summed E-state index contributed by atoms with van der Waals surface area (Å²) in [6.07, 6.45) is 7.47. The Kier molecular flexibility index (Phi) is 8.17. The van der Waals surface area contributed by atoms with E-state index in [2.05, 4.69) is 17.0 Å². The maximum absolute atomic E-state index is 11.8. The van der Waals surface area contributed by atoms with Crippen molar-refractivity contribution in [2.75, 3.05) is 12.4 Å². The molecule has 4 nitrogen and oxygen atoms in total. The molecule has 0 unspecified atom stereocenters. The summed E-state index contributed by atoms with van der Waals surface area (Å²) in [5.74, 6) is -0.408. The first-order chi connectivity index (χ1) is 10.2. The molecule has 1 amide bonds. The number of carbonyl (C=O) groups is 2. The minimum absolute atomic E-state index is 0.00694. The maximum Gasteiger partial charge on any atom is 0.337 e. The molecule has 0 heterocycles. The molecular formula is C17H25NO3. The monoisotopic (exact) mass is 291 g/mol. The first kappa shape index (κ1) is 17.2. The lowest BCUT2D eigenvalue weighted by atomic mass is 10.1. The van der Waals surface area contributed by atoms with Crippen LogP contribution in [-0.2, 0) is 9.53 Å². The highest BCUT2D eigenvalue weighted by Crippen LogP contribution is 2.13. The van der Waals surface area contributed by atoms with Crippen LogP contribution < -0.4 is 5.32 Å². The van der Waals surface area contributed by atoms with Gasteiger partial charge in [0.1, 0.15) is 0 Å². The topological polar surface area (TPSA) is 55.4 Å². The summed E-state index contributed by atoms with van der Waals surface area (Å²) in [5.41, 5.74) is 1.07. The van der Waals surface area contributed by atoms with Crippen molar-refractivity contribution in [3.8, 4) is 0 Å². The number of anilines is 1. The van der Waals surface area contributed by atoms with Crippen LogP contribution in [0, 0.1) is 0 Å². The zero-order chi connectivity index (χ0) is 15.5. The van der Waals surface area contributed by atoms with Gasteiger partial charge in [-0.1, -0.05) is 45.1 Å². The number of nitrogens with one attached hydrogen (secondary N) is 1. The van der Waals surface area contributed by atoms with Crippen LogP contribution in [0.3, 0.4) is 0 Å². The second-order valence-corrected chi connectivity index (χ2v) is 5.14. The Morgan fingerprint density at radius 3 is 2.52 bits per heavy atom. The Morgan fingerprint density at radius 2 is 1.81 bits per heavy atom. The standard InChI is InChI=1S/C17H25NO3/c1-3-4-5-6-7-8-12-16(19)18-15-11-9-10-14(13-15)17(20)21-2/h9-11,13H,3-8,12H2,1-2H3,(H,18,19). The first-order valence-electron chi connectivity index (χ1n) is 7.65. The summed E-state index contributed by atoms with van der Waals surface area (Å²) < 4.78 is 4.66. The molecule has 0 bridgehead atoms. The minimum atomic E-state index is -0.401. The Labute approximate surface area is 126 Å². The van der Waals surface area contributed by atoms with Gasteiger partial charge in [-0.2, -0.15) is 0 Å². The molecule has 1 N–H and O–H groups in total. The van der Waals surface area contributed by atoms with Crippen molar-refractivity contribution in [2.45, 2.75) is 51.9 Å². The molecule has 0 aromatic heterocycles. The summed E-state index contributed by atoms with van der Waals surface area (Å²) in [7, 11) is 1.34. The molecule has 21 heavy (non-hydrogen) atoms. The Morgan fingerprint density at radius 1 is 1.10 bits per heavy atom. The summed E-state index contributed by atoms with van der Waals surface area (Å²) in [6, 6.07) is 6.79. The number of ether oxygens (including phenoxy) is 1. The second-order valence-electron chi connectivity index (χ2n) is 5.14. The predicted octanol–water partition coefficient (Wildman–Crippen LogP) is 4.16. The molecule has 0 saturated carbocycles. The van der Waals surface area contributed by atoms with Crippen molar-refractivity contribution in [1.29, 1.82) is 0 Å². The third-order valence-electron chi connectivity index (χ3n) is 3.32. The summed E-state index contributed by atoms with van der Waals surface area (Å²) >= 11 is 0.